The van der Waals surface area contributed by atoms with Crippen molar-refractivity contribution in [2.45, 2.75) is 19.8 Å². The first-order valence-corrected chi connectivity index (χ1v) is 5.46. The van der Waals surface area contributed by atoms with Crippen LogP contribution >= 0.6 is 0 Å². The quantitative estimate of drug-likeness (QED) is 0.854. The Kier molecular flexibility index (Phi) is 2.90. The van der Waals surface area contributed by atoms with Gasteiger partial charge in [-0.15, -0.1) is 0 Å². The van der Waals surface area contributed by atoms with Gasteiger partial charge >= 0.3 is 0 Å². The Bertz CT molecular complexity index is 473. The molecule has 2 aromatic heterocycles. The van der Waals surface area contributed by atoms with Gasteiger partial charge in [-0.2, -0.15) is 5.10 Å². The number of hydrogen-bond acceptors (Lipinski definition) is 3. The number of hydrogen-bond donors (Lipinski definition) is 1. The molecule has 0 fully saturated rings. The predicted octanol–water partition coefficient (Wildman–Crippen LogP) is 2.02. The van der Waals surface area contributed by atoms with E-state index in [0.717, 1.165) is 35.6 Å². The molecular weight excluding hydrogens is 200 g/mol. The molecule has 0 radical (unpaired) electrons. The number of nitrogen functional groups attached to an aromatic ring is 1. The number of aryl methyl sites for hydroxylation is 1. The van der Waals surface area contributed by atoms with Crippen molar-refractivity contribution >= 4 is 5.82 Å². The molecule has 0 saturated heterocycles. The van der Waals surface area contributed by atoms with Gasteiger partial charge in [-0.1, -0.05) is 19.4 Å². The SMILES string of the molecule is CCCc1c(-c2ccccn2)nn(C)c1N. The molecule has 0 unspecified atom stereocenters. The van der Waals surface area contributed by atoms with E-state index in [1.54, 1.807) is 10.9 Å². The third-order valence-electron chi connectivity index (χ3n) is 2.60. The molecule has 2 heterocycles. The second kappa shape index (κ2) is 4.35. The standard InChI is InChI=1S/C12H16N4/c1-3-6-9-11(15-16(2)12(9)13)10-7-4-5-8-14-10/h4-5,7-8H,3,6,13H2,1-2H3. The highest BCUT2D eigenvalue weighted by Gasteiger charge is 2.14. The number of nitrogens with two attached hydrogens (primary N) is 1. The van der Waals surface area contributed by atoms with Crippen LogP contribution in [0, 0.1) is 0 Å². The number of rotatable bonds is 3. The molecule has 2 aromatic rings. The summed E-state index contributed by atoms with van der Waals surface area (Å²) >= 11 is 0. The van der Waals surface area contributed by atoms with Crippen LogP contribution < -0.4 is 5.73 Å². The minimum Gasteiger partial charge on any atom is -0.384 e. The molecule has 16 heavy (non-hydrogen) atoms. The van der Waals surface area contributed by atoms with Gasteiger partial charge in [0.15, 0.2) is 0 Å². The summed E-state index contributed by atoms with van der Waals surface area (Å²) in [5.74, 6) is 0.738. The van der Waals surface area contributed by atoms with Crippen molar-refractivity contribution in [1.82, 2.24) is 14.8 Å². The van der Waals surface area contributed by atoms with Crippen molar-refractivity contribution in [1.29, 1.82) is 0 Å². The fourth-order valence-electron chi connectivity index (χ4n) is 1.79. The summed E-state index contributed by atoms with van der Waals surface area (Å²) in [6.45, 7) is 2.13. The average Bonchev–Trinajstić information content (AvgIpc) is 2.59. The summed E-state index contributed by atoms with van der Waals surface area (Å²) in [6, 6.07) is 5.82. The van der Waals surface area contributed by atoms with E-state index >= 15 is 0 Å². The lowest BCUT2D eigenvalue weighted by atomic mass is 10.1. The number of anilines is 1. The van der Waals surface area contributed by atoms with Crippen molar-refractivity contribution in [3.05, 3.63) is 30.0 Å². The molecule has 0 bridgehead atoms. The molecule has 0 aliphatic heterocycles. The van der Waals surface area contributed by atoms with E-state index in [0.29, 0.717) is 0 Å². The normalized spacial score (nSPS) is 10.6. The number of nitrogens with zero attached hydrogens (tertiary/aromatic N) is 3. The molecule has 0 aliphatic carbocycles. The molecule has 84 valence electrons. The molecule has 0 aliphatic rings. The highest BCUT2D eigenvalue weighted by Crippen LogP contribution is 2.26. The minimum atomic E-state index is 0.738. The van der Waals surface area contributed by atoms with Gasteiger partial charge in [0.1, 0.15) is 11.5 Å². The Hall–Kier alpha value is -1.84. The third kappa shape index (κ3) is 1.78. The van der Waals surface area contributed by atoms with E-state index in [-0.39, 0.29) is 0 Å². The van der Waals surface area contributed by atoms with Crippen molar-refractivity contribution in [2.24, 2.45) is 7.05 Å². The number of aromatic nitrogens is 3. The van der Waals surface area contributed by atoms with Gasteiger partial charge < -0.3 is 5.73 Å². The maximum absolute atomic E-state index is 6.00. The highest BCUT2D eigenvalue weighted by atomic mass is 15.3. The lowest BCUT2D eigenvalue weighted by Gasteiger charge is -2.00. The molecule has 2 rings (SSSR count). The van der Waals surface area contributed by atoms with Crippen LogP contribution in [0.3, 0.4) is 0 Å². The van der Waals surface area contributed by atoms with Gasteiger partial charge in [0.25, 0.3) is 0 Å². The van der Waals surface area contributed by atoms with Crippen LogP contribution in [0.4, 0.5) is 5.82 Å². The van der Waals surface area contributed by atoms with Crippen LogP contribution in [-0.4, -0.2) is 14.8 Å². The molecule has 2 N–H and O–H groups in total. The first-order chi connectivity index (χ1) is 7.74. The molecule has 4 heteroatoms. The average molecular weight is 216 g/mol. The van der Waals surface area contributed by atoms with Gasteiger partial charge in [0.2, 0.25) is 0 Å². The fourth-order valence-corrected chi connectivity index (χ4v) is 1.79. The summed E-state index contributed by atoms with van der Waals surface area (Å²) in [4.78, 5) is 4.31. The topological polar surface area (TPSA) is 56.7 Å². The number of pyridine rings is 1. The molecule has 0 atom stereocenters. The lowest BCUT2D eigenvalue weighted by Crippen LogP contribution is -1.99. The van der Waals surface area contributed by atoms with Crippen LogP contribution in [0.15, 0.2) is 24.4 Å². The summed E-state index contributed by atoms with van der Waals surface area (Å²) in [7, 11) is 1.86. The van der Waals surface area contributed by atoms with Gasteiger partial charge in [0, 0.05) is 18.8 Å². The van der Waals surface area contributed by atoms with Crippen LogP contribution in [0.25, 0.3) is 11.4 Å². The van der Waals surface area contributed by atoms with E-state index < -0.39 is 0 Å². The van der Waals surface area contributed by atoms with E-state index in [1.165, 1.54) is 0 Å². The zero-order chi connectivity index (χ0) is 11.5. The maximum Gasteiger partial charge on any atom is 0.125 e. The third-order valence-corrected chi connectivity index (χ3v) is 2.60. The van der Waals surface area contributed by atoms with Crippen LogP contribution in [-0.2, 0) is 13.5 Å². The Morgan fingerprint density at radius 1 is 1.38 bits per heavy atom. The predicted molar refractivity (Wildman–Crippen MR) is 64.8 cm³/mol. The van der Waals surface area contributed by atoms with Crippen molar-refractivity contribution in [3.8, 4) is 11.4 Å². The second-order valence-electron chi connectivity index (χ2n) is 3.80. The first kappa shape index (κ1) is 10.7. The summed E-state index contributed by atoms with van der Waals surface area (Å²) in [5.41, 5.74) is 8.89. The van der Waals surface area contributed by atoms with Crippen LogP contribution in [0.2, 0.25) is 0 Å². The van der Waals surface area contributed by atoms with Gasteiger partial charge in [-0.05, 0) is 18.6 Å². The molecule has 0 spiro atoms. The molecule has 0 amide bonds. The van der Waals surface area contributed by atoms with Crippen molar-refractivity contribution in [2.75, 3.05) is 5.73 Å². The van der Waals surface area contributed by atoms with Gasteiger partial charge in [-0.25, -0.2) is 0 Å². The van der Waals surface area contributed by atoms with Gasteiger partial charge in [0.05, 0.1) is 5.69 Å². The Morgan fingerprint density at radius 2 is 2.19 bits per heavy atom. The molecular formula is C12H16N4. The van der Waals surface area contributed by atoms with Crippen LogP contribution in [0.5, 0.6) is 0 Å². The minimum absolute atomic E-state index is 0.738. The summed E-state index contributed by atoms with van der Waals surface area (Å²) < 4.78 is 1.72. The fraction of sp³-hybridized carbons (Fsp3) is 0.333. The highest BCUT2D eigenvalue weighted by molar-refractivity contribution is 5.65. The lowest BCUT2D eigenvalue weighted by molar-refractivity contribution is 0.780. The monoisotopic (exact) mass is 216 g/mol. The van der Waals surface area contributed by atoms with Gasteiger partial charge in [-0.3, -0.25) is 9.67 Å². The van der Waals surface area contributed by atoms with E-state index in [4.69, 9.17) is 5.73 Å². The summed E-state index contributed by atoms with van der Waals surface area (Å²) in [5, 5.41) is 4.43. The van der Waals surface area contributed by atoms with Crippen LogP contribution in [0.1, 0.15) is 18.9 Å². The molecule has 0 saturated carbocycles. The Labute approximate surface area is 95.1 Å². The van der Waals surface area contributed by atoms with E-state index in [2.05, 4.69) is 17.0 Å². The Balaban J connectivity index is 2.52. The molecule has 0 aromatic carbocycles. The zero-order valence-corrected chi connectivity index (χ0v) is 9.64. The van der Waals surface area contributed by atoms with Crippen molar-refractivity contribution in [3.63, 3.8) is 0 Å². The molecule has 4 nitrogen and oxygen atoms in total. The van der Waals surface area contributed by atoms with E-state index in [1.807, 2.05) is 25.2 Å². The second-order valence-corrected chi connectivity index (χ2v) is 3.80. The smallest absolute Gasteiger partial charge is 0.125 e. The maximum atomic E-state index is 6.00. The zero-order valence-electron chi connectivity index (χ0n) is 9.64. The van der Waals surface area contributed by atoms with E-state index in [9.17, 15) is 0 Å². The Morgan fingerprint density at radius 3 is 2.81 bits per heavy atom. The first-order valence-electron chi connectivity index (χ1n) is 5.46. The largest absolute Gasteiger partial charge is 0.384 e. The van der Waals surface area contributed by atoms with Crippen molar-refractivity contribution < 1.29 is 0 Å². The summed E-state index contributed by atoms with van der Waals surface area (Å²) in [6.07, 6.45) is 3.76.